The van der Waals surface area contributed by atoms with Crippen LogP contribution in [-0.4, -0.2) is 31.8 Å². The van der Waals surface area contributed by atoms with E-state index in [0.29, 0.717) is 11.8 Å². The van der Waals surface area contributed by atoms with E-state index in [2.05, 4.69) is 25.4 Å². The van der Waals surface area contributed by atoms with Crippen LogP contribution in [0.1, 0.15) is 5.82 Å². The smallest absolute Gasteiger partial charge is 0.230 e. The van der Waals surface area contributed by atoms with Gasteiger partial charge in [0, 0.05) is 18.0 Å². The highest BCUT2D eigenvalue weighted by Crippen LogP contribution is 2.17. The maximum absolute atomic E-state index is 5.06. The second-order valence-electron chi connectivity index (χ2n) is 4.33. The Kier molecular flexibility index (Phi) is 3.46. The number of aryl methyl sites for hydroxylation is 1. The van der Waals surface area contributed by atoms with Gasteiger partial charge >= 0.3 is 0 Å². The first-order valence-electron chi connectivity index (χ1n) is 6.37. The maximum Gasteiger partial charge on any atom is 0.230 e. The topological polar surface area (TPSA) is 77.8 Å². The van der Waals surface area contributed by atoms with Crippen LogP contribution in [0.5, 0.6) is 5.88 Å². The van der Waals surface area contributed by atoms with Crippen LogP contribution in [0.4, 0.5) is 11.6 Å². The zero-order valence-electron chi connectivity index (χ0n) is 11.7. The third-order valence-electron chi connectivity index (χ3n) is 2.83. The van der Waals surface area contributed by atoms with Crippen molar-refractivity contribution < 1.29 is 4.74 Å². The van der Waals surface area contributed by atoms with Gasteiger partial charge in [-0.15, -0.1) is 0 Å². The molecule has 0 unspecified atom stereocenters. The molecular formula is C14H14N6O. The molecule has 7 nitrogen and oxygen atoms in total. The number of nitrogens with zero attached hydrogens (tertiary/aromatic N) is 5. The van der Waals surface area contributed by atoms with Gasteiger partial charge in [0.25, 0.3) is 0 Å². The molecule has 0 amide bonds. The Hall–Kier alpha value is -2.96. The average Bonchev–Trinajstić information content (AvgIpc) is 2.95. The highest BCUT2D eigenvalue weighted by Gasteiger charge is 2.02. The molecule has 0 bridgehead atoms. The molecule has 1 N–H and O–H groups in total. The van der Waals surface area contributed by atoms with E-state index in [4.69, 9.17) is 4.74 Å². The predicted molar refractivity (Wildman–Crippen MR) is 78.0 cm³/mol. The van der Waals surface area contributed by atoms with Crippen LogP contribution in [0.25, 0.3) is 5.69 Å². The van der Waals surface area contributed by atoms with E-state index in [-0.39, 0.29) is 0 Å². The van der Waals surface area contributed by atoms with Crippen LogP contribution in [-0.2, 0) is 0 Å². The molecule has 0 aliphatic carbocycles. The molecule has 0 saturated carbocycles. The molecule has 0 saturated heterocycles. The molecule has 0 atom stereocenters. The number of hydrogen-bond donors (Lipinski definition) is 1. The van der Waals surface area contributed by atoms with Gasteiger partial charge in [0.05, 0.1) is 12.8 Å². The van der Waals surface area contributed by atoms with Crippen molar-refractivity contribution in [3.63, 3.8) is 0 Å². The molecule has 21 heavy (non-hydrogen) atoms. The SMILES string of the molecule is COc1ccnc(Nc2ccc(-n3cnc(C)n3)cc2)n1. The summed E-state index contributed by atoms with van der Waals surface area (Å²) in [7, 11) is 1.57. The van der Waals surface area contributed by atoms with Gasteiger partial charge < -0.3 is 10.1 Å². The Bertz CT molecular complexity index is 737. The Morgan fingerprint density at radius 2 is 1.90 bits per heavy atom. The van der Waals surface area contributed by atoms with Gasteiger partial charge in [-0.3, -0.25) is 0 Å². The monoisotopic (exact) mass is 282 g/mol. The second kappa shape index (κ2) is 5.58. The van der Waals surface area contributed by atoms with Crippen LogP contribution in [0.2, 0.25) is 0 Å². The molecule has 7 heteroatoms. The normalized spacial score (nSPS) is 10.4. The third-order valence-corrected chi connectivity index (χ3v) is 2.83. The van der Waals surface area contributed by atoms with E-state index >= 15 is 0 Å². The number of benzene rings is 1. The van der Waals surface area contributed by atoms with Crippen molar-refractivity contribution in [2.75, 3.05) is 12.4 Å². The summed E-state index contributed by atoms with van der Waals surface area (Å²) in [5, 5.41) is 7.38. The second-order valence-corrected chi connectivity index (χ2v) is 4.33. The average molecular weight is 282 g/mol. The van der Waals surface area contributed by atoms with Crippen LogP contribution in [0.3, 0.4) is 0 Å². The summed E-state index contributed by atoms with van der Waals surface area (Å²) in [5.74, 6) is 1.74. The lowest BCUT2D eigenvalue weighted by Gasteiger charge is -2.07. The summed E-state index contributed by atoms with van der Waals surface area (Å²) in [6, 6.07) is 9.43. The summed E-state index contributed by atoms with van der Waals surface area (Å²) < 4.78 is 6.79. The lowest BCUT2D eigenvalue weighted by Crippen LogP contribution is -1.99. The number of rotatable bonds is 4. The third kappa shape index (κ3) is 2.97. The molecule has 2 aromatic heterocycles. The minimum atomic E-state index is 0.485. The van der Waals surface area contributed by atoms with Gasteiger partial charge in [0.15, 0.2) is 0 Å². The summed E-state index contributed by atoms with van der Waals surface area (Å²) in [5.41, 5.74) is 1.82. The van der Waals surface area contributed by atoms with Crippen molar-refractivity contribution in [3.8, 4) is 11.6 Å². The predicted octanol–water partition coefficient (Wildman–Crippen LogP) is 2.12. The molecule has 0 aliphatic heterocycles. The van der Waals surface area contributed by atoms with E-state index in [0.717, 1.165) is 17.2 Å². The molecule has 0 aliphatic rings. The minimum absolute atomic E-state index is 0.485. The zero-order valence-corrected chi connectivity index (χ0v) is 11.7. The number of hydrogen-bond acceptors (Lipinski definition) is 6. The first-order chi connectivity index (χ1) is 10.2. The van der Waals surface area contributed by atoms with Crippen molar-refractivity contribution in [1.82, 2.24) is 24.7 Å². The van der Waals surface area contributed by atoms with Crippen LogP contribution in [0.15, 0.2) is 42.9 Å². The van der Waals surface area contributed by atoms with Gasteiger partial charge in [-0.05, 0) is 31.2 Å². The zero-order chi connectivity index (χ0) is 14.7. The summed E-state index contributed by atoms with van der Waals surface area (Å²) in [6.07, 6.45) is 3.32. The molecule has 2 heterocycles. The Balaban J connectivity index is 1.77. The molecule has 3 rings (SSSR count). The van der Waals surface area contributed by atoms with Gasteiger partial charge in [-0.25, -0.2) is 14.6 Å². The van der Waals surface area contributed by atoms with Gasteiger partial charge in [0.1, 0.15) is 12.2 Å². The number of aromatic nitrogens is 5. The fourth-order valence-corrected chi connectivity index (χ4v) is 1.81. The van der Waals surface area contributed by atoms with Crippen molar-refractivity contribution in [2.24, 2.45) is 0 Å². The van der Waals surface area contributed by atoms with Crippen molar-refractivity contribution in [3.05, 3.63) is 48.7 Å². The molecule has 0 radical (unpaired) electrons. The maximum atomic E-state index is 5.06. The minimum Gasteiger partial charge on any atom is -0.481 e. The van der Waals surface area contributed by atoms with Gasteiger partial charge in [-0.1, -0.05) is 0 Å². The van der Waals surface area contributed by atoms with Crippen molar-refractivity contribution in [1.29, 1.82) is 0 Å². The molecular weight excluding hydrogens is 268 g/mol. The first kappa shape index (κ1) is 13.0. The molecule has 1 aromatic carbocycles. The van der Waals surface area contributed by atoms with Crippen molar-refractivity contribution in [2.45, 2.75) is 6.92 Å². The lowest BCUT2D eigenvalue weighted by molar-refractivity contribution is 0.397. The quantitative estimate of drug-likeness (QED) is 0.789. The first-order valence-corrected chi connectivity index (χ1v) is 6.37. The highest BCUT2D eigenvalue weighted by atomic mass is 16.5. The fourth-order valence-electron chi connectivity index (χ4n) is 1.81. The van der Waals surface area contributed by atoms with Gasteiger partial charge in [0.2, 0.25) is 11.8 Å². The summed E-state index contributed by atoms with van der Waals surface area (Å²) >= 11 is 0. The summed E-state index contributed by atoms with van der Waals surface area (Å²) in [6.45, 7) is 1.85. The number of ether oxygens (including phenoxy) is 1. The van der Waals surface area contributed by atoms with E-state index in [9.17, 15) is 0 Å². The van der Waals surface area contributed by atoms with Crippen molar-refractivity contribution >= 4 is 11.6 Å². The molecule has 106 valence electrons. The van der Waals surface area contributed by atoms with Gasteiger partial charge in [-0.2, -0.15) is 10.1 Å². The van der Waals surface area contributed by atoms with E-state index in [1.54, 1.807) is 30.4 Å². The lowest BCUT2D eigenvalue weighted by atomic mass is 10.3. The van der Waals surface area contributed by atoms with E-state index in [1.165, 1.54) is 0 Å². The Labute approximate surface area is 121 Å². The standard InChI is InChI=1S/C14H14N6O/c1-10-16-9-20(19-10)12-5-3-11(4-6-12)17-14-15-8-7-13(18-14)21-2/h3-9H,1-2H3,(H,15,17,18). The van der Waals surface area contributed by atoms with Crippen LogP contribution < -0.4 is 10.1 Å². The summed E-state index contributed by atoms with van der Waals surface area (Å²) in [4.78, 5) is 12.4. The van der Waals surface area contributed by atoms with E-state index < -0.39 is 0 Å². The highest BCUT2D eigenvalue weighted by molar-refractivity contribution is 5.55. The number of anilines is 2. The van der Waals surface area contributed by atoms with Crippen LogP contribution in [0, 0.1) is 6.92 Å². The van der Waals surface area contributed by atoms with Crippen LogP contribution >= 0.6 is 0 Å². The Morgan fingerprint density at radius 1 is 1.10 bits per heavy atom. The fraction of sp³-hybridized carbons (Fsp3) is 0.143. The molecule has 3 aromatic rings. The van der Waals surface area contributed by atoms with E-state index in [1.807, 2.05) is 31.2 Å². The number of nitrogens with one attached hydrogen (secondary N) is 1. The largest absolute Gasteiger partial charge is 0.481 e. The number of methoxy groups -OCH3 is 1. The Morgan fingerprint density at radius 3 is 2.57 bits per heavy atom. The molecule has 0 fully saturated rings. The molecule has 0 spiro atoms.